The Bertz CT molecular complexity index is 603. The lowest BCUT2D eigenvalue weighted by atomic mass is 10.2. The van der Waals surface area contributed by atoms with E-state index in [9.17, 15) is 49.1 Å². The van der Waals surface area contributed by atoms with Crippen LogP contribution in [0.15, 0.2) is 0 Å². The first-order valence-electron chi connectivity index (χ1n) is 7.55. The van der Waals surface area contributed by atoms with E-state index in [0.717, 1.165) is 12.2 Å². The third kappa shape index (κ3) is 4.85. The van der Waals surface area contributed by atoms with Crippen LogP contribution < -0.4 is 5.32 Å². The van der Waals surface area contributed by atoms with Gasteiger partial charge in [-0.25, -0.2) is 4.79 Å². The highest BCUT2D eigenvalue weighted by atomic mass is 19.4. The molecule has 2 atom stereocenters. The molecule has 0 aromatic rings. The van der Waals surface area contributed by atoms with E-state index in [2.05, 4.69) is 18.9 Å². The van der Waals surface area contributed by atoms with Crippen molar-refractivity contribution in [1.29, 1.82) is 0 Å². The lowest BCUT2D eigenvalue weighted by Gasteiger charge is -2.34. The summed E-state index contributed by atoms with van der Waals surface area (Å²) in [6.07, 6.45) is -20.3. The van der Waals surface area contributed by atoms with Crippen LogP contribution in [-0.4, -0.2) is 67.8 Å². The van der Waals surface area contributed by atoms with E-state index < -0.39 is 67.8 Å². The maximum Gasteiger partial charge on any atom is 0.453 e. The number of esters is 1. The lowest BCUT2D eigenvalue weighted by molar-refractivity contribution is -0.444. The average Bonchev–Trinajstić information content (AvgIpc) is 2.95. The van der Waals surface area contributed by atoms with Crippen molar-refractivity contribution in [3.8, 4) is 0 Å². The number of alkyl halides is 9. The number of hydrogen-bond donors (Lipinski definition) is 1. The molecule has 1 fully saturated rings. The third-order valence-electron chi connectivity index (χ3n) is 3.35. The molecule has 0 saturated carbocycles. The molecule has 0 aliphatic carbocycles. The van der Waals surface area contributed by atoms with E-state index in [0.29, 0.717) is 6.92 Å². The molecule has 0 spiro atoms. The second-order valence-electron chi connectivity index (χ2n) is 5.55. The fourth-order valence-electron chi connectivity index (χ4n) is 2.17. The summed E-state index contributed by atoms with van der Waals surface area (Å²) < 4.78 is 133. The van der Waals surface area contributed by atoms with Gasteiger partial charge in [0.25, 0.3) is 0 Å². The second-order valence-corrected chi connectivity index (χ2v) is 5.55. The Kier molecular flexibility index (Phi) is 7.08. The summed E-state index contributed by atoms with van der Waals surface area (Å²) in [4.78, 5) is 22.9. The number of carbonyl (C=O) groups is 2. The molecular formula is C13H14F9NO6. The Hall–Kier alpha value is -1.81. The van der Waals surface area contributed by atoms with Crippen molar-refractivity contribution in [3.05, 3.63) is 0 Å². The summed E-state index contributed by atoms with van der Waals surface area (Å²) in [6, 6.07) is 0. The lowest BCUT2D eigenvalue weighted by Crippen LogP contribution is -2.66. The van der Waals surface area contributed by atoms with Gasteiger partial charge in [-0.1, -0.05) is 0 Å². The van der Waals surface area contributed by atoms with Crippen LogP contribution in [0.1, 0.15) is 13.8 Å². The highest BCUT2D eigenvalue weighted by molar-refractivity contribution is 5.86. The van der Waals surface area contributed by atoms with Crippen molar-refractivity contribution < 1.29 is 68.1 Å². The fraction of sp³-hybridized carbons (Fsp3) is 0.846. The fourth-order valence-corrected chi connectivity index (χ4v) is 2.17. The van der Waals surface area contributed by atoms with Gasteiger partial charge in [-0.2, -0.15) is 39.5 Å². The van der Waals surface area contributed by atoms with E-state index in [1.807, 2.05) is 0 Å². The summed E-state index contributed by atoms with van der Waals surface area (Å²) in [6.45, 7) is -2.09. The van der Waals surface area contributed by atoms with Crippen molar-refractivity contribution in [2.45, 2.75) is 50.0 Å². The SMILES string of the molecule is CCOC(=O)[C@](NC(C)=O)(OC[C@@H]1COC(C(F)(F)F)(C(F)(F)F)O1)C(F)(F)F. The summed E-state index contributed by atoms with van der Waals surface area (Å²) in [5.41, 5.74) is -4.19. The highest BCUT2D eigenvalue weighted by Crippen LogP contribution is 2.50. The molecule has 1 amide bonds. The number of halogens is 9. The van der Waals surface area contributed by atoms with Gasteiger partial charge in [0.1, 0.15) is 6.10 Å². The number of hydrogen-bond acceptors (Lipinski definition) is 6. The Morgan fingerprint density at radius 2 is 1.59 bits per heavy atom. The second kappa shape index (κ2) is 8.14. The zero-order valence-corrected chi connectivity index (χ0v) is 14.5. The van der Waals surface area contributed by atoms with E-state index >= 15 is 0 Å². The number of rotatable bonds is 6. The first-order valence-corrected chi connectivity index (χ1v) is 7.55. The maximum atomic E-state index is 13.4. The van der Waals surface area contributed by atoms with Gasteiger partial charge in [-0.15, -0.1) is 0 Å². The topological polar surface area (TPSA) is 83.1 Å². The summed E-state index contributed by atoms with van der Waals surface area (Å²) in [5.74, 6) is -8.74. The van der Waals surface area contributed by atoms with Crippen LogP contribution in [0.25, 0.3) is 0 Å². The van der Waals surface area contributed by atoms with Crippen LogP contribution in [-0.2, 0) is 28.5 Å². The Morgan fingerprint density at radius 3 is 1.93 bits per heavy atom. The minimum Gasteiger partial charge on any atom is -0.462 e. The maximum absolute atomic E-state index is 13.4. The van der Waals surface area contributed by atoms with E-state index in [1.165, 1.54) is 0 Å². The van der Waals surface area contributed by atoms with Gasteiger partial charge < -0.3 is 24.3 Å². The van der Waals surface area contributed by atoms with Crippen LogP contribution >= 0.6 is 0 Å². The quantitative estimate of drug-likeness (QED) is 0.379. The molecule has 1 heterocycles. The van der Waals surface area contributed by atoms with Crippen LogP contribution in [0.3, 0.4) is 0 Å². The van der Waals surface area contributed by atoms with Gasteiger partial charge in [-0.05, 0) is 6.92 Å². The molecule has 0 radical (unpaired) electrons. The zero-order valence-electron chi connectivity index (χ0n) is 14.5. The summed E-state index contributed by atoms with van der Waals surface area (Å²) >= 11 is 0. The molecule has 1 rings (SSSR count). The van der Waals surface area contributed by atoms with Crippen LogP contribution in [0.5, 0.6) is 0 Å². The van der Waals surface area contributed by atoms with Crippen LogP contribution in [0.4, 0.5) is 39.5 Å². The Balaban J connectivity index is 3.15. The van der Waals surface area contributed by atoms with Crippen molar-refractivity contribution in [2.24, 2.45) is 0 Å². The molecule has 1 saturated heterocycles. The van der Waals surface area contributed by atoms with Gasteiger partial charge >= 0.3 is 36.0 Å². The molecule has 1 aliphatic rings. The van der Waals surface area contributed by atoms with Crippen molar-refractivity contribution in [3.63, 3.8) is 0 Å². The first kappa shape index (κ1) is 25.2. The van der Waals surface area contributed by atoms with E-state index in [1.54, 1.807) is 0 Å². The molecule has 1 aliphatic heterocycles. The van der Waals surface area contributed by atoms with Gasteiger partial charge in [0.2, 0.25) is 5.91 Å². The largest absolute Gasteiger partial charge is 0.462 e. The van der Waals surface area contributed by atoms with E-state index in [4.69, 9.17) is 0 Å². The number of nitrogens with one attached hydrogen (secondary N) is 1. The van der Waals surface area contributed by atoms with Gasteiger partial charge in [0, 0.05) is 6.92 Å². The summed E-state index contributed by atoms with van der Waals surface area (Å²) in [5, 5.41) is 1.12. The molecule has 0 aromatic heterocycles. The minimum absolute atomic E-state index is 0.552. The predicted octanol–water partition coefficient (Wildman–Crippen LogP) is 2.20. The van der Waals surface area contributed by atoms with Gasteiger partial charge in [0.05, 0.1) is 19.8 Å². The molecule has 29 heavy (non-hydrogen) atoms. The minimum atomic E-state index is -6.13. The molecule has 0 unspecified atom stereocenters. The monoisotopic (exact) mass is 451 g/mol. The molecular weight excluding hydrogens is 437 g/mol. The highest BCUT2D eigenvalue weighted by Gasteiger charge is 2.77. The van der Waals surface area contributed by atoms with Crippen molar-refractivity contribution in [2.75, 3.05) is 19.8 Å². The van der Waals surface area contributed by atoms with Crippen LogP contribution in [0, 0.1) is 0 Å². The molecule has 16 heteroatoms. The van der Waals surface area contributed by atoms with Gasteiger partial charge in [-0.3, -0.25) is 4.79 Å². The molecule has 7 nitrogen and oxygen atoms in total. The number of amides is 1. The average molecular weight is 451 g/mol. The van der Waals surface area contributed by atoms with Crippen molar-refractivity contribution in [1.82, 2.24) is 5.32 Å². The molecule has 0 bridgehead atoms. The van der Waals surface area contributed by atoms with E-state index in [-0.39, 0.29) is 0 Å². The standard InChI is InChI=1S/C13H14F9NO6/c1-3-26-8(25)9(11(14,15)16,23-6(2)24)27-4-7-5-28-10(29-7,12(17,18)19)13(20,21)22/h7H,3-5H2,1-2H3,(H,23,24)/t7-,9+/m1/s1. The molecule has 1 N–H and O–H groups in total. The zero-order chi connectivity index (χ0) is 22.9. The first-order chi connectivity index (χ1) is 12.9. The van der Waals surface area contributed by atoms with Gasteiger partial charge in [0.15, 0.2) is 0 Å². The Morgan fingerprint density at radius 1 is 1.07 bits per heavy atom. The van der Waals surface area contributed by atoms with Crippen molar-refractivity contribution >= 4 is 11.9 Å². The molecule has 0 aromatic carbocycles. The normalized spacial score (nSPS) is 22.1. The number of carbonyl (C=O) groups excluding carboxylic acids is 2. The molecule has 170 valence electrons. The predicted molar refractivity (Wildman–Crippen MR) is 70.9 cm³/mol. The Labute approximate surface area is 156 Å². The third-order valence-corrected chi connectivity index (χ3v) is 3.35. The number of ether oxygens (including phenoxy) is 4. The van der Waals surface area contributed by atoms with Crippen LogP contribution in [0.2, 0.25) is 0 Å². The summed E-state index contributed by atoms with van der Waals surface area (Å²) in [7, 11) is 0. The smallest absolute Gasteiger partial charge is 0.453 e.